The molecule has 0 aromatic heterocycles. The summed E-state index contributed by atoms with van der Waals surface area (Å²) in [5.41, 5.74) is 0.947. The molecule has 2 N–H and O–H groups in total. The zero-order valence-electron chi connectivity index (χ0n) is 13.0. The van der Waals surface area contributed by atoms with E-state index in [1.165, 1.54) is 32.1 Å². The standard InChI is InChI=1S/C17H30O2/c1-5-6-7-8-9-10-11-17(19)12-13(2)16(18)14(3)15(17)4/h12,15,18-19H,5-11H2,1-4H3. The van der Waals surface area contributed by atoms with Crippen LogP contribution in [0.15, 0.2) is 23.0 Å². The minimum atomic E-state index is -0.773. The molecule has 2 atom stereocenters. The fraction of sp³-hybridized carbons (Fsp3) is 0.765. The molecule has 0 bridgehead atoms. The van der Waals surface area contributed by atoms with Crippen LogP contribution in [0.1, 0.15) is 72.6 Å². The van der Waals surface area contributed by atoms with E-state index in [1.807, 2.05) is 26.8 Å². The Hall–Kier alpha value is -0.760. The summed E-state index contributed by atoms with van der Waals surface area (Å²) in [6.45, 7) is 8.02. The highest BCUT2D eigenvalue weighted by molar-refractivity contribution is 5.37. The molecule has 0 saturated heterocycles. The van der Waals surface area contributed by atoms with Gasteiger partial charge in [-0.05, 0) is 37.5 Å². The lowest BCUT2D eigenvalue weighted by atomic mass is 9.74. The molecule has 0 fully saturated rings. The van der Waals surface area contributed by atoms with Crippen LogP contribution >= 0.6 is 0 Å². The van der Waals surface area contributed by atoms with Gasteiger partial charge in [0, 0.05) is 5.92 Å². The molecule has 2 nitrogen and oxygen atoms in total. The number of aliphatic hydroxyl groups excluding tert-OH is 1. The van der Waals surface area contributed by atoms with Crippen molar-refractivity contribution in [1.29, 1.82) is 0 Å². The molecule has 2 heteroatoms. The first-order valence-electron chi connectivity index (χ1n) is 7.74. The molecule has 0 radical (unpaired) electrons. The van der Waals surface area contributed by atoms with Crippen LogP contribution in [0.3, 0.4) is 0 Å². The van der Waals surface area contributed by atoms with Gasteiger partial charge in [-0.15, -0.1) is 0 Å². The van der Waals surface area contributed by atoms with E-state index in [0.717, 1.165) is 24.0 Å². The highest BCUT2D eigenvalue weighted by atomic mass is 16.3. The van der Waals surface area contributed by atoms with E-state index in [4.69, 9.17) is 0 Å². The largest absolute Gasteiger partial charge is 0.508 e. The highest BCUT2D eigenvalue weighted by Gasteiger charge is 2.36. The third kappa shape index (κ3) is 4.10. The van der Waals surface area contributed by atoms with Crippen LogP contribution in [0.25, 0.3) is 0 Å². The van der Waals surface area contributed by atoms with Gasteiger partial charge in [-0.2, -0.15) is 0 Å². The van der Waals surface area contributed by atoms with Gasteiger partial charge in [-0.3, -0.25) is 0 Å². The molecule has 0 aromatic carbocycles. The molecule has 0 amide bonds. The van der Waals surface area contributed by atoms with E-state index < -0.39 is 5.60 Å². The third-order valence-electron chi connectivity index (χ3n) is 4.54. The van der Waals surface area contributed by atoms with Crippen LogP contribution < -0.4 is 0 Å². The molecule has 1 aliphatic carbocycles. The minimum absolute atomic E-state index is 0.00634. The van der Waals surface area contributed by atoms with Crippen LogP contribution in [0.2, 0.25) is 0 Å². The second kappa shape index (κ2) is 7.14. The van der Waals surface area contributed by atoms with Crippen molar-refractivity contribution in [3.63, 3.8) is 0 Å². The van der Waals surface area contributed by atoms with Crippen molar-refractivity contribution in [2.24, 2.45) is 5.92 Å². The molecule has 1 rings (SSSR count). The smallest absolute Gasteiger partial charge is 0.117 e. The summed E-state index contributed by atoms with van der Waals surface area (Å²) in [6, 6.07) is 0. The second-order valence-electron chi connectivity index (χ2n) is 6.09. The van der Waals surface area contributed by atoms with Crippen molar-refractivity contribution in [1.82, 2.24) is 0 Å². The Morgan fingerprint density at radius 2 is 1.68 bits per heavy atom. The summed E-state index contributed by atoms with van der Waals surface area (Å²) in [4.78, 5) is 0. The highest BCUT2D eigenvalue weighted by Crippen LogP contribution is 2.38. The van der Waals surface area contributed by atoms with Gasteiger partial charge in [-0.25, -0.2) is 0 Å². The first-order chi connectivity index (χ1) is 8.92. The Morgan fingerprint density at radius 3 is 2.32 bits per heavy atom. The molecule has 0 heterocycles. The summed E-state index contributed by atoms with van der Waals surface area (Å²) in [6.07, 6.45) is 10.1. The average Bonchev–Trinajstić information content (AvgIpc) is 2.38. The topological polar surface area (TPSA) is 40.5 Å². The quantitative estimate of drug-likeness (QED) is 0.644. The minimum Gasteiger partial charge on any atom is -0.508 e. The lowest BCUT2D eigenvalue weighted by molar-refractivity contribution is 0.0334. The summed E-state index contributed by atoms with van der Waals surface area (Å²) in [5.74, 6) is 0.368. The number of unbranched alkanes of at least 4 members (excludes halogenated alkanes) is 5. The molecule has 110 valence electrons. The average molecular weight is 266 g/mol. The maximum atomic E-state index is 10.8. The van der Waals surface area contributed by atoms with E-state index >= 15 is 0 Å². The molecule has 0 aromatic rings. The molecule has 19 heavy (non-hydrogen) atoms. The summed E-state index contributed by atoms with van der Waals surface area (Å²) in [5, 5.41) is 20.7. The van der Waals surface area contributed by atoms with Crippen molar-refractivity contribution in [2.75, 3.05) is 0 Å². The van der Waals surface area contributed by atoms with E-state index in [0.29, 0.717) is 5.76 Å². The van der Waals surface area contributed by atoms with E-state index in [-0.39, 0.29) is 5.92 Å². The Balaban J connectivity index is 2.49. The van der Waals surface area contributed by atoms with Crippen LogP contribution in [0.5, 0.6) is 0 Å². The van der Waals surface area contributed by atoms with E-state index in [1.54, 1.807) is 0 Å². The molecule has 0 spiro atoms. The monoisotopic (exact) mass is 266 g/mol. The number of hydrogen-bond donors (Lipinski definition) is 2. The van der Waals surface area contributed by atoms with Gasteiger partial charge >= 0.3 is 0 Å². The van der Waals surface area contributed by atoms with Crippen LogP contribution in [0.4, 0.5) is 0 Å². The van der Waals surface area contributed by atoms with Gasteiger partial charge in [0.1, 0.15) is 5.76 Å². The van der Waals surface area contributed by atoms with Crippen LogP contribution in [-0.2, 0) is 0 Å². The summed E-state index contributed by atoms with van der Waals surface area (Å²) < 4.78 is 0. The molecule has 0 aliphatic heterocycles. The first-order valence-corrected chi connectivity index (χ1v) is 7.74. The van der Waals surface area contributed by atoms with Gasteiger partial charge in [0.05, 0.1) is 5.60 Å². The maximum Gasteiger partial charge on any atom is 0.117 e. The number of aliphatic hydroxyl groups is 2. The fourth-order valence-electron chi connectivity index (χ4n) is 2.94. The molecular formula is C17H30O2. The van der Waals surface area contributed by atoms with Crippen molar-refractivity contribution < 1.29 is 10.2 Å². The van der Waals surface area contributed by atoms with Crippen molar-refractivity contribution in [2.45, 2.75) is 78.2 Å². The van der Waals surface area contributed by atoms with Gasteiger partial charge in [0.25, 0.3) is 0 Å². The van der Waals surface area contributed by atoms with Gasteiger partial charge < -0.3 is 10.2 Å². The van der Waals surface area contributed by atoms with Crippen LogP contribution in [-0.4, -0.2) is 15.8 Å². The number of allylic oxidation sites excluding steroid dienone is 1. The van der Waals surface area contributed by atoms with Gasteiger partial charge in [0.2, 0.25) is 0 Å². The second-order valence-corrected chi connectivity index (χ2v) is 6.09. The Kier molecular flexibility index (Phi) is 6.12. The summed E-state index contributed by atoms with van der Waals surface area (Å²) >= 11 is 0. The van der Waals surface area contributed by atoms with E-state index in [2.05, 4.69) is 6.92 Å². The van der Waals surface area contributed by atoms with Crippen molar-refractivity contribution >= 4 is 0 Å². The number of hydrogen-bond acceptors (Lipinski definition) is 2. The Labute approximate surface area is 118 Å². The SMILES string of the molecule is CCCCCCCCC1(O)C=C(C)C(O)=C(C)C1C. The molecule has 2 unspecified atom stereocenters. The zero-order valence-corrected chi connectivity index (χ0v) is 13.0. The third-order valence-corrected chi connectivity index (χ3v) is 4.54. The Bertz CT molecular complexity index is 354. The van der Waals surface area contributed by atoms with Crippen molar-refractivity contribution in [3.8, 4) is 0 Å². The molecular weight excluding hydrogens is 236 g/mol. The lowest BCUT2D eigenvalue weighted by Gasteiger charge is -2.36. The Morgan fingerprint density at radius 1 is 1.11 bits per heavy atom. The van der Waals surface area contributed by atoms with Gasteiger partial charge in [0.15, 0.2) is 0 Å². The predicted molar refractivity (Wildman–Crippen MR) is 81.2 cm³/mol. The maximum absolute atomic E-state index is 10.8. The predicted octanol–water partition coefficient (Wildman–Crippen LogP) is 4.90. The lowest BCUT2D eigenvalue weighted by Crippen LogP contribution is -2.38. The summed E-state index contributed by atoms with van der Waals surface area (Å²) in [7, 11) is 0. The zero-order chi connectivity index (χ0) is 14.5. The van der Waals surface area contributed by atoms with E-state index in [9.17, 15) is 10.2 Å². The number of rotatable bonds is 7. The van der Waals surface area contributed by atoms with Crippen LogP contribution in [0, 0.1) is 5.92 Å². The molecule has 0 saturated carbocycles. The van der Waals surface area contributed by atoms with Crippen molar-refractivity contribution in [3.05, 3.63) is 23.0 Å². The fourth-order valence-corrected chi connectivity index (χ4v) is 2.94. The van der Waals surface area contributed by atoms with Gasteiger partial charge in [-0.1, -0.05) is 52.4 Å². The normalized spacial score (nSPS) is 27.6. The first kappa shape index (κ1) is 16.3. The molecule has 1 aliphatic rings.